The summed E-state index contributed by atoms with van der Waals surface area (Å²) in [4.78, 5) is 0. The maximum Gasteiger partial charge on any atom is 0.328 e. The quantitative estimate of drug-likeness (QED) is 0.608. The van der Waals surface area contributed by atoms with E-state index in [0.717, 1.165) is 0 Å². The van der Waals surface area contributed by atoms with Crippen molar-refractivity contribution in [2.24, 2.45) is 0 Å². The van der Waals surface area contributed by atoms with Gasteiger partial charge in [0.25, 0.3) is 0 Å². The first-order valence-corrected chi connectivity index (χ1v) is 4.97. The molecule has 0 bridgehead atoms. The molecule has 9 heteroatoms. The number of hydrogen-bond acceptors (Lipinski definition) is 3. The zero-order valence-corrected chi connectivity index (χ0v) is 9.28. The van der Waals surface area contributed by atoms with Crippen molar-refractivity contribution in [1.29, 1.82) is 0 Å². The van der Waals surface area contributed by atoms with Gasteiger partial charge in [-0.15, -0.1) is 0 Å². The molecular weight excluding hydrogens is 256 g/mol. The third kappa shape index (κ3) is 4.11. The van der Waals surface area contributed by atoms with E-state index in [0.29, 0.717) is 11.0 Å². The average molecular weight is 270 g/mol. The van der Waals surface area contributed by atoms with E-state index in [-0.39, 0.29) is 21.9 Å². The number of fused-ring (bicyclic) bond motifs is 1. The van der Waals surface area contributed by atoms with Crippen LogP contribution >= 0.6 is 0 Å². The fraction of sp³-hybridized carbons (Fsp3) is 0. The van der Waals surface area contributed by atoms with E-state index in [1.165, 1.54) is 6.07 Å². The Kier molecular flexibility index (Phi) is 8.54. The summed E-state index contributed by atoms with van der Waals surface area (Å²) < 4.78 is 34.9. The second-order valence-corrected chi connectivity index (χ2v) is 3.93. The largest absolute Gasteiger partial charge is 0.442 e. The molecule has 0 aliphatic heterocycles. The first-order chi connectivity index (χ1) is 6.07. The van der Waals surface area contributed by atoms with Crippen molar-refractivity contribution in [3.05, 3.63) is 30.3 Å². The van der Waals surface area contributed by atoms with Crippen LogP contribution in [0.3, 0.4) is 0 Å². The molecular formula is C8H14O8S. The Balaban J connectivity index is -0.000000490. The smallest absolute Gasteiger partial charge is 0.328 e. The van der Waals surface area contributed by atoms with Crippen molar-refractivity contribution in [3.8, 4) is 0 Å². The topological polar surface area (TPSA) is 194 Å². The zero-order chi connectivity index (χ0) is 9.47. The number of rotatable bonds is 1. The van der Waals surface area contributed by atoms with E-state index in [2.05, 4.69) is 0 Å². The van der Waals surface area contributed by atoms with Crippen LogP contribution in [0.5, 0.6) is 0 Å². The Morgan fingerprint density at radius 1 is 1.00 bits per heavy atom. The molecule has 0 atom stereocenters. The van der Waals surface area contributed by atoms with E-state index in [1.54, 1.807) is 24.3 Å². The normalized spacial score (nSPS) is 9.24. The van der Waals surface area contributed by atoms with Crippen LogP contribution in [0.2, 0.25) is 0 Å². The Hall–Kier alpha value is -1.49. The number of furan rings is 1. The van der Waals surface area contributed by atoms with E-state index < -0.39 is 15.2 Å². The molecule has 1 heterocycles. The summed E-state index contributed by atoms with van der Waals surface area (Å²) in [5, 5.41) is 0.226. The van der Waals surface area contributed by atoms with Crippen LogP contribution in [-0.4, -0.2) is 34.9 Å². The van der Waals surface area contributed by atoms with Crippen LogP contribution in [0.25, 0.3) is 11.0 Å². The van der Waals surface area contributed by atoms with Gasteiger partial charge in [-0.25, -0.2) is 0 Å². The molecule has 0 amide bonds. The molecule has 100 valence electrons. The molecule has 0 fully saturated rings. The number of hydrogen-bond donors (Lipinski definition) is 1. The SMILES string of the molecule is O.O.O.O.O=S(=O)(O)c1cc2ccccc2o1. The molecule has 0 saturated heterocycles. The highest BCUT2D eigenvalue weighted by Crippen LogP contribution is 2.21. The predicted octanol–water partition coefficient (Wildman–Crippen LogP) is -1.62. The first-order valence-electron chi connectivity index (χ1n) is 3.53. The van der Waals surface area contributed by atoms with Crippen molar-refractivity contribution in [3.63, 3.8) is 0 Å². The molecule has 1 aromatic heterocycles. The van der Waals surface area contributed by atoms with Crippen molar-refractivity contribution in [2.75, 3.05) is 0 Å². The van der Waals surface area contributed by atoms with E-state index in [4.69, 9.17) is 8.97 Å². The molecule has 8 nitrogen and oxygen atoms in total. The minimum atomic E-state index is -4.23. The van der Waals surface area contributed by atoms with Crippen molar-refractivity contribution < 1.29 is 39.3 Å². The zero-order valence-electron chi connectivity index (χ0n) is 8.47. The fourth-order valence-electron chi connectivity index (χ4n) is 1.08. The van der Waals surface area contributed by atoms with Gasteiger partial charge in [0.2, 0.25) is 5.09 Å². The summed E-state index contributed by atoms with van der Waals surface area (Å²) in [6.45, 7) is 0. The summed E-state index contributed by atoms with van der Waals surface area (Å²) >= 11 is 0. The molecule has 1 aromatic carbocycles. The van der Waals surface area contributed by atoms with Gasteiger partial charge in [-0.1, -0.05) is 18.2 Å². The van der Waals surface area contributed by atoms with Gasteiger partial charge in [-0.05, 0) is 6.07 Å². The fourth-order valence-corrected chi connectivity index (χ4v) is 1.56. The molecule has 0 aliphatic rings. The molecule has 0 aliphatic carbocycles. The Morgan fingerprint density at radius 2 is 1.53 bits per heavy atom. The Bertz CT molecular complexity index is 510. The van der Waals surface area contributed by atoms with Crippen molar-refractivity contribution >= 4 is 21.1 Å². The standard InChI is InChI=1S/C8H6O4S.4H2O/c9-13(10,11)8-5-6-3-1-2-4-7(6)12-8;;;;/h1-5H,(H,9,10,11);4*1H2. The van der Waals surface area contributed by atoms with Crippen LogP contribution in [0.1, 0.15) is 0 Å². The van der Waals surface area contributed by atoms with Gasteiger partial charge in [0, 0.05) is 11.5 Å². The summed E-state index contributed by atoms with van der Waals surface area (Å²) in [5.74, 6) is 0. The van der Waals surface area contributed by atoms with Gasteiger partial charge < -0.3 is 26.3 Å². The van der Waals surface area contributed by atoms with Crippen molar-refractivity contribution in [2.45, 2.75) is 5.09 Å². The Morgan fingerprint density at radius 3 is 2.00 bits per heavy atom. The van der Waals surface area contributed by atoms with Crippen LogP contribution in [-0.2, 0) is 10.1 Å². The lowest BCUT2D eigenvalue weighted by atomic mass is 10.3. The van der Waals surface area contributed by atoms with Gasteiger partial charge in [0.15, 0.2) is 0 Å². The van der Waals surface area contributed by atoms with Gasteiger partial charge in [0.05, 0.1) is 0 Å². The lowest BCUT2D eigenvalue weighted by molar-refractivity contribution is 0.424. The summed E-state index contributed by atoms with van der Waals surface area (Å²) in [5.41, 5.74) is 0.440. The second-order valence-electron chi connectivity index (χ2n) is 2.58. The summed E-state index contributed by atoms with van der Waals surface area (Å²) in [6.07, 6.45) is 0. The maximum atomic E-state index is 10.7. The molecule has 0 spiro atoms. The molecule has 2 rings (SSSR count). The van der Waals surface area contributed by atoms with Gasteiger partial charge in [-0.3, -0.25) is 4.55 Å². The number of benzene rings is 1. The summed E-state index contributed by atoms with van der Waals surface area (Å²) in [6, 6.07) is 8.09. The van der Waals surface area contributed by atoms with Crippen molar-refractivity contribution in [1.82, 2.24) is 0 Å². The number of para-hydroxylation sites is 1. The van der Waals surface area contributed by atoms with Crippen LogP contribution in [0.15, 0.2) is 39.8 Å². The van der Waals surface area contributed by atoms with Crippen LogP contribution < -0.4 is 0 Å². The monoisotopic (exact) mass is 270 g/mol. The molecule has 9 N–H and O–H groups in total. The molecule has 0 unspecified atom stereocenters. The highest BCUT2D eigenvalue weighted by atomic mass is 32.2. The second kappa shape index (κ2) is 6.96. The lowest BCUT2D eigenvalue weighted by Crippen LogP contribution is -1.94. The maximum absolute atomic E-state index is 10.7. The van der Waals surface area contributed by atoms with Crippen LogP contribution in [0.4, 0.5) is 0 Å². The lowest BCUT2D eigenvalue weighted by Gasteiger charge is -1.86. The molecule has 17 heavy (non-hydrogen) atoms. The average Bonchev–Trinajstić information content (AvgIpc) is 2.45. The highest BCUT2D eigenvalue weighted by Gasteiger charge is 2.14. The first kappa shape index (κ1) is 20.9. The Labute approximate surface area is 96.5 Å². The van der Waals surface area contributed by atoms with Crippen LogP contribution in [0, 0.1) is 0 Å². The highest BCUT2D eigenvalue weighted by molar-refractivity contribution is 7.85. The van der Waals surface area contributed by atoms with E-state index in [9.17, 15) is 8.42 Å². The molecule has 2 aromatic rings. The third-order valence-corrected chi connectivity index (χ3v) is 2.37. The van der Waals surface area contributed by atoms with Gasteiger partial charge in [-0.2, -0.15) is 8.42 Å². The molecule has 0 radical (unpaired) electrons. The van der Waals surface area contributed by atoms with Gasteiger partial charge >= 0.3 is 10.1 Å². The predicted molar refractivity (Wildman–Crippen MR) is 60.5 cm³/mol. The summed E-state index contributed by atoms with van der Waals surface area (Å²) in [7, 11) is -4.23. The molecule has 0 saturated carbocycles. The minimum absolute atomic E-state index is 0. The third-order valence-electron chi connectivity index (χ3n) is 1.66. The van der Waals surface area contributed by atoms with Gasteiger partial charge in [0.1, 0.15) is 5.58 Å². The van der Waals surface area contributed by atoms with E-state index >= 15 is 0 Å². The van der Waals surface area contributed by atoms with E-state index in [1.807, 2.05) is 0 Å². The minimum Gasteiger partial charge on any atom is -0.442 e.